The van der Waals surface area contributed by atoms with Crippen LogP contribution in [0, 0.1) is 13.8 Å². The second kappa shape index (κ2) is 10.7. The second-order valence-electron chi connectivity index (χ2n) is 5.98. The van der Waals surface area contributed by atoms with Crippen molar-refractivity contribution in [1.82, 2.24) is 0 Å². The molecule has 0 atom stereocenters. The summed E-state index contributed by atoms with van der Waals surface area (Å²) in [4.78, 5) is 3.25. The summed E-state index contributed by atoms with van der Waals surface area (Å²) in [7, 11) is 0. The van der Waals surface area contributed by atoms with Crippen LogP contribution in [0.1, 0.15) is 11.1 Å². The Balaban J connectivity index is 0.000000171. The van der Waals surface area contributed by atoms with Crippen LogP contribution in [0.3, 0.4) is 0 Å². The minimum atomic E-state index is 1.31. The van der Waals surface area contributed by atoms with Crippen molar-refractivity contribution < 1.29 is 20.0 Å². The van der Waals surface area contributed by atoms with E-state index in [2.05, 4.69) is 104 Å². The molecule has 0 bridgehead atoms. The van der Waals surface area contributed by atoms with E-state index in [1.54, 1.807) is 20.0 Å². The minimum absolute atomic E-state index is 1.31. The first kappa shape index (κ1) is 20.0. The molecule has 0 heterocycles. The fraction of sp³-hybridized carbons (Fsp3) is 0.0800. The molecule has 0 aliphatic carbocycles. The summed E-state index contributed by atoms with van der Waals surface area (Å²) in [6.07, 6.45) is 0. The van der Waals surface area contributed by atoms with Crippen molar-refractivity contribution in [3.8, 4) is 22.3 Å². The molecule has 26 heavy (non-hydrogen) atoms. The maximum absolute atomic E-state index is 3.25. The number of rotatable bonds is 2. The number of hydrogen-bond donors (Lipinski definition) is 0. The molecule has 0 fully saturated rings. The molecule has 0 aromatic heterocycles. The molecule has 4 aromatic rings. The molecule has 4 rings (SSSR count). The van der Waals surface area contributed by atoms with Gasteiger partial charge < -0.3 is 0 Å². The van der Waals surface area contributed by atoms with Crippen molar-refractivity contribution in [2.24, 2.45) is 0 Å². The van der Waals surface area contributed by atoms with Gasteiger partial charge in [-0.3, -0.25) is 0 Å². The van der Waals surface area contributed by atoms with Crippen molar-refractivity contribution in [2.75, 3.05) is 0 Å². The van der Waals surface area contributed by atoms with Crippen molar-refractivity contribution in [3.05, 3.63) is 108 Å². The molecule has 0 N–H and O–H groups in total. The molecule has 0 aliphatic rings. The van der Waals surface area contributed by atoms with E-state index < -0.39 is 0 Å². The third-order valence-electron chi connectivity index (χ3n) is 4.24. The monoisotopic (exact) mass is 372 g/mol. The van der Waals surface area contributed by atoms with Gasteiger partial charge in [0.1, 0.15) is 0 Å². The van der Waals surface area contributed by atoms with Crippen LogP contribution in [0.2, 0.25) is 0 Å². The average molecular weight is 372 g/mol. The zero-order valence-corrected chi connectivity index (χ0v) is 17.0. The molecule has 0 nitrogen and oxygen atoms in total. The summed E-state index contributed by atoms with van der Waals surface area (Å²) in [6.45, 7) is 4.28. The zero-order chi connectivity index (χ0) is 18.8. The molecule has 0 radical (unpaired) electrons. The summed E-state index contributed by atoms with van der Waals surface area (Å²) in [5, 5.41) is 0. The number of benzene rings is 2. The Bertz CT molecular complexity index is 806. The predicted molar refractivity (Wildman–Crippen MR) is 112 cm³/mol. The summed E-state index contributed by atoms with van der Waals surface area (Å²) in [5.74, 6) is 0. The van der Waals surface area contributed by atoms with Gasteiger partial charge in [0.2, 0.25) is 0 Å². The molecule has 4 aromatic carbocycles. The van der Waals surface area contributed by atoms with E-state index in [1.807, 2.05) is 12.1 Å². The predicted octanol–water partition coefficient (Wildman–Crippen LogP) is 6.73. The normalized spacial score (nSPS) is 9.54. The quantitative estimate of drug-likeness (QED) is 0.270. The average Bonchev–Trinajstić information content (AvgIpc) is 3.33. The van der Waals surface area contributed by atoms with E-state index >= 15 is 0 Å². The van der Waals surface area contributed by atoms with E-state index in [-0.39, 0.29) is 0 Å². The van der Waals surface area contributed by atoms with E-state index in [4.69, 9.17) is 0 Å². The fourth-order valence-corrected chi connectivity index (χ4v) is 2.90. The summed E-state index contributed by atoms with van der Waals surface area (Å²) < 4.78 is 0. The van der Waals surface area contributed by atoms with Crippen LogP contribution in [0.5, 0.6) is 0 Å². The summed E-state index contributed by atoms with van der Waals surface area (Å²) in [5.41, 5.74) is 7.99. The van der Waals surface area contributed by atoms with Crippen molar-refractivity contribution in [1.29, 1.82) is 0 Å². The molecule has 1 heteroatoms. The first-order chi connectivity index (χ1) is 12.8. The van der Waals surface area contributed by atoms with E-state index in [0.29, 0.717) is 0 Å². The molecular formula is C25H24Ti. The summed E-state index contributed by atoms with van der Waals surface area (Å²) in [6, 6.07) is 33.7. The Hall–Kier alpha value is -2.28. The molecule has 128 valence electrons. The Morgan fingerprint density at radius 1 is 0.577 bits per heavy atom. The standard InChI is InChI=1S/2C12H11.CH2.Ti/c2*1-10-6-5-9-12(10)11-7-3-2-4-8-11;;/h2*2-9H,1H3;1H2;/q2*-1;;+2. The molecular weight excluding hydrogens is 348 g/mol. The van der Waals surface area contributed by atoms with Crippen LogP contribution in [0.4, 0.5) is 0 Å². The van der Waals surface area contributed by atoms with Crippen molar-refractivity contribution in [3.63, 3.8) is 0 Å². The van der Waals surface area contributed by atoms with E-state index in [0.717, 1.165) is 0 Å². The molecule has 0 saturated heterocycles. The van der Waals surface area contributed by atoms with Gasteiger partial charge in [0, 0.05) is 0 Å². The first-order valence-electron chi connectivity index (χ1n) is 8.66. The van der Waals surface area contributed by atoms with Gasteiger partial charge in [-0.05, 0) is 0 Å². The van der Waals surface area contributed by atoms with Gasteiger partial charge in [0.15, 0.2) is 0 Å². The van der Waals surface area contributed by atoms with Gasteiger partial charge in [-0.15, -0.1) is 0 Å². The van der Waals surface area contributed by atoms with Crippen LogP contribution in [-0.2, 0) is 20.0 Å². The van der Waals surface area contributed by atoms with Crippen LogP contribution >= 0.6 is 0 Å². The Morgan fingerprint density at radius 2 is 0.923 bits per heavy atom. The molecule has 0 spiro atoms. The van der Waals surface area contributed by atoms with Crippen LogP contribution in [0.15, 0.2) is 97.1 Å². The van der Waals surface area contributed by atoms with E-state index in [9.17, 15) is 0 Å². The number of aryl methyl sites for hydroxylation is 2. The molecule has 0 saturated carbocycles. The molecule has 0 amide bonds. The van der Waals surface area contributed by atoms with Crippen LogP contribution in [0.25, 0.3) is 22.3 Å². The van der Waals surface area contributed by atoms with Crippen LogP contribution in [-0.4, -0.2) is 4.82 Å². The fourth-order valence-electron chi connectivity index (χ4n) is 2.90. The Kier molecular flexibility index (Phi) is 8.21. The topological polar surface area (TPSA) is 0 Å². The van der Waals surface area contributed by atoms with E-state index in [1.165, 1.54) is 33.4 Å². The van der Waals surface area contributed by atoms with Gasteiger partial charge >= 0.3 is 24.8 Å². The molecule has 0 aliphatic heterocycles. The maximum atomic E-state index is 3.25. The number of hydrogen-bond acceptors (Lipinski definition) is 0. The van der Waals surface area contributed by atoms with Gasteiger partial charge in [0.25, 0.3) is 0 Å². The zero-order valence-electron chi connectivity index (χ0n) is 15.4. The third kappa shape index (κ3) is 5.36. The third-order valence-corrected chi connectivity index (χ3v) is 4.24. The SMILES string of the molecule is Cc1c[cH-]cc1-c1ccccc1.Cc1c[cH-]cc1-c1ccccc1.[CH2]=[Ti+2]. The summed E-state index contributed by atoms with van der Waals surface area (Å²) >= 11 is 1.75. The van der Waals surface area contributed by atoms with Gasteiger partial charge in [0.05, 0.1) is 0 Å². The van der Waals surface area contributed by atoms with Gasteiger partial charge in [-0.1, -0.05) is 85.6 Å². The second-order valence-corrected chi connectivity index (χ2v) is 5.98. The van der Waals surface area contributed by atoms with Crippen LogP contribution < -0.4 is 0 Å². The Labute approximate surface area is 168 Å². The Morgan fingerprint density at radius 3 is 1.19 bits per heavy atom. The van der Waals surface area contributed by atoms with Gasteiger partial charge in [-0.25, -0.2) is 0 Å². The van der Waals surface area contributed by atoms with Gasteiger partial charge in [-0.2, -0.15) is 58.7 Å². The molecule has 0 unspecified atom stereocenters. The van der Waals surface area contributed by atoms with Crippen molar-refractivity contribution in [2.45, 2.75) is 13.8 Å². The first-order valence-corrected chi connectivity index (χ1v) is 9.77. The van der Waals surface area contributed by atoms with Crippen molar-refractivity contribution >= 4 is 4.82 Å².